The molecular weight excluding hydrogens is 286 g/mol. The predicted octanol–water partition coefficient (Wildman–Crippen LogP) is 2.37. The fourth-order valence-corrected chi connectivity index (χ4v) is 2.28. The second kappa shape index (κ2) is 4.49. The zero-order chi connectivity index (χ0) is 12.6. The van der Waals surface area contributed by atoms with Gasteiger partial charge < -0.3 is 4.42 Å². The summed E-state index contributed by atoms with van der Waals surface area (Å²) in [5.74, 6) is -0.308. The monoisotopic (exact) mass is 297 g/mol. The number of benzene rings is 1. The Hall–Kier alpha value is -1.36. The van der Waals surface area contributed by atoms with Gasteiger partial charge in [0.25, 0.3) is 0 Å². The molecule has 17 heavy (non-hydrogen) atoms. The molecule has 0 aliphatic rings. The molecule has 0 saturated carbocycles. The summed E-state index contributed by atoms with van der Waals surface area (Å²) in [7, 11) is 0. The van der Waals surface area contributed by atoms with Crippen LogP contribution in [0.25, 0.3) is 10.9 Å². The zero-order valence-electron chi connectivity index (χ0n) is 9.57. The highest BCUT2D eigenvalue weighted by molar-refractivity contribution is 9.10. The fourth-order valence-electron chi connectivity index (χ4n) is 1.76. The summed E-state index contributed by atoms with van der Waals surface area (Å²) in [6.45, 7) is 4.53. The van der Waals surface area contributed by atoms with E-state index in [1.807, 2.05) is 13.8 Å². The van der Waals surface area contributed by atoms with Crippen molar-refractivity contribution in [2.24, 2.45) is 5.92 Å². The third kappa shape index (κ3) is 2.20. The summed E-state index contributed by atoms with van der Waals surface area (Å²) in [6, 6.07) is 5.30. The maximum absolute atomic E-state index is 11.7. The van der Waals surface area contributed by atoms with Crippen LogP contribution in [-0.4, -0.2) is 4.57 Å². The molecule has 0 amide bonds. The number of fused-ring (bicyclic) bond motifs is 1. The van der Waals surface area contributed by atoms with E-state index < -0.39 is 11.4 Å². The molecule has 90 valence electrons. The van der Waals surface area contributed by atoms with Gasteiger partial charge in [-0.15, -0.1) is 0 Å². The van der Waals surface area contributed by atoms with Gasteiger partial charge in [-0.25, -0.2) is 9.59 Å². The van der Waals surface area contributed by atoms with Crippen LogP contribution in [0, 0.1) is 5.92 Å². The van der Waals surface area contributed by atoms with Crippen molar-refractivity contribution in [2.45, 2.75) is 20.4 Å². The number of aromatic nitrogens is 1. The Morgan fingerprint density at radius 1 is 1.35 bits per heavy atom. The molecule has 4 nitrogen and oxygen atoms in total. The first kappa shape index (κ1) is 12.1. The first-order valence-electron chi connectivity index (χ1n) is 5.33. The van der Waals surface area contributed by atoms with Crippen LogP contribution in [0.4, 0.5) is 0 Å². The molecule has 0 aliphatic carbocycles. The van der Waals surface area contributed by atoms with Gasteiger partial charge in [0.1, 0.15) is 0 Å². The number of hydrogen-bond donors (Lipinski definition) is 0. The minimum atomic E-state index is -0.602. The van der Waals surface area contributed by atoms with Crippen LogP contribution < -0.4 is 11.4 Å². The van der Waals surface area contributed by atoms with E-state index in [1.165, 1.54) is 4.57 Å². The number of nitrogens with zero attached hydrogens (tertiary/aromatic N) is 1. The van der Waals surface area contributed by atoms with Crippen LogP contribution in [0.2, 0.25) is 0 Å². The molecule has 0 N–H and O–H groups in total. The maximum Gasteiger partial charge on any atom is 0.422 e. The summed E-state index contributed by atoms with van der Waals surface area (Å²) >= 11 is 3.30. The Labute approximate surface area is 106 Å². The van der Waals surface area contributed by atoms with Crippen molar-refractivity contribution in [3.63, 3.8) is 0 Å². The van der Waals surface area contributed by atoms with E-state index in [0.29, 0.717) is 27.8 Å². The van der Waals surface area contributed by atoms with E-state index in [4.69, 9.17) is 4.42 Å². The van der Waals surface area contributed by atoms with E-state index in [0.717, 1.165) is 0 Å². The van der Waals surface area contributed by atoms with Crippen LogP contribution in [0.5, 0.6) is 0 Å². The summed E-state index contributed by atoms with van der Waals surface area (Å²) in [4.78, 5) is 23.3. The number of rotatable bonds is 2. The molecule has 0 fully saturated rings. The summed E-state index contributed by atoms with van der Waals surface area (Å²) < 4.78 is 6.86. The van der Waals surface area contributed by atoms with E-state index in [1.54, 1.807) is 18.2 Å². The Balaban J connectivity index is 2.89. The summed E-state index contributed by atoms with van der Waals surface area (Å²) in [5, 5.41) is 0.410. The molecule has 0 bridgehead atoms. The lowest BCUT2D eigenvalue weighted by Crippen LogP contribution is -2.26. The van der Waals surface area contributed by atoms with Crippen molar-refractivity contribution in [1.82, 2.24) is 4.57 Å². The number of halogens is 1. The Morgan fingerprint density at radius 2 is 2.06 bits per heavy atom. The van der Waals surface area contributed by atoms with E-state index >= 15 is 0 Å². The van der Waals surface area contributed by atoms with Gasteiger partial charge in [0.2, 0.25) is 0 Å². The molecule has 2 rings (SSSR count). The second-order valence-corrected chi connectivity index (χ2v) is 5.15. The highest BCUT2D eigenvalue weighted by Gasteiger charge is 2.12. The van der Waals surface area contributed by atoms with E-state index in [2.05, 4.69) is 15.9 Å². The smallest absolute Gasteiger partial charge is 0.372 e. The van der Waals surface area contributed by atoms with Crippen molar-refractivity contribution in [3.05, 3.63) is 43.6 Å². The minimum absolute atomic E-state index is 0.294. The van der Waals surface area contributed by atoms with Crippen LogP contribution >= 0.6 is 15.9 Å². The molecule has 1 aromatic heterocycles. The number of hydrogen-bond acceptors (Lipinski definition) is 3. The normalized spacial score (nSPS) is 11.3. The molecule has 0 spiro atoms. The van der Waals surface area contributed by atoms with Gasteiger partial charge in [-0.1, -0.05) is 19.9 Å². The lowest BCUT2D eigenvalue weighted by molar-refractivity contribution is 0.392. The van der Waals surface area contributed by atoms with Crippen molar-refractivity contribution in [2.75, 3.05) is 0 Å². The van der Waals surface area contributed by atoms with Crippen molar-refractivity contribution in [3.8, 4) is 0 Å². The molecule has 0 radical (unpaired) electrons. The van der Waals surface area contributed by atoms with Crippen molar-refractivity contribution >= 4 is 26.8 Å². The molecule has 0 saturated heterocycles. The second-order valence-electron chi connectivity index (χ2n) is 4.29. The minimum Gasteiger partial charge on any atom is -0.372 e. The average Bonchev–Trinajstić information content (AvgIpc) is 2.23. The van der Waals surface area contributed by atoms with Crippen LogP contribution in [-0.2, 0) is 6.54 Å². The Bertz CT molecular complexity index is 669. The molecule has 0 unspecified atom stereocenters. The highest BCUT2D eigenvalue weighted by atomic mass is 79.9. The average molecular weight is 298 g/mol. The van der Waals surface area contributed by atoms with Gasteiger partial charge in [0.15, 0.2) is 0 Å². The molecule has 0 atom stereocenters. The standard InChI is InChI=1S/C12H12BrNO3/c1-7(2)6-14-9-5-3-4-8(13)10(9)11(15)17-12(14)16/h3-5,7H,6H2,1-2H3. The Morgan fingerprint density at radius 3 is 2.71 bits per heavy atom. The van der Waals surface area contributed by atoms with Crippen LogP contribution in [0.1, 0.15) is 13.8 Å². The third-order valence-corrected chi connectivity index (χ3v) is 3.10. The fraction of sp³-hybridized carbons (Fsp3) is 0.333. The van der Waals surface area contributed by atoms with Gasteiger partial charge >= 0.3 is 11.4 Å². The molecule has 1 aromatic carbocycles. The lowest BCUT2D eigenvalue weighted by Gasteiger charge is -2.10. The molecule has 1 heterocycles. The summed E-state index contributed by atoms with van der Waals surface area (Å²) in [6.07, 6.45) is 0. The first-order valence-corrected chi connectivity index (χ1v) is 6.12. The van der Waals surface area contributed by atoms with E-state index in [9.17, 15) is 9.59 Å². The topological polar surface area (TPSA) is 52.2 Å². The molecule has 5 heteroatoms. The molecular formula is C12H12BrNO3. The lowest BCUT2D eigenvalue weighted by atomic mass is 10.2. The zero-order valence-corrected chi connectivity index (χ0v) is 11.2. The highest BCUT2D eigenvalue weighted by Crippen LogP contribution is 2.19. The van der Waals surface area contributed by atoms with Crippen LogP contribution in [0.3, 0.4) is 0 Å². The maximum atomic E-state index is 11.7. The van der Waals surface area contributed by atoms with Gasteiger partial charge in [-0.3, -0.25) is 4.57 Å². The largest absolute Gasteiger partial charge is 0.422 e. The molecule has 2 aromatic rings. The van der Waals surface area contributed by atoms with Crippen molar-refractivity contribution in [1.29, 1.82) is 0 Å². The SMILES string of the molecule is CC(C)Cn1c(=O)oc(=O)c2c(Br)cccc21. The van der Waals surface area contributed by atoms with E-state index in [-0.39, 0.29) is 0 Å². The first-order chi connectivity index (χ1) is 8.00. The Kier molecular flexibility index (Phi) is 3.19. The van der Waals surface area contributed by atoms with Gasteiger partial charge in [0.05, 0.1) is 10.9 Å². The van der Waals surface area contributed by atoms with Gasteiger partial charge in [0, 0.05) is 11.0 Å². The van der Waals surface area contributed by atoms with Crippen molar-refractivity contribution < 1.29 is 4.42 Å². The summed E-state index contributed by atoms with van der Waals surface area (Å²) in [5.41, 5.74) is 0.00630. The predicted molar refractivity (Wildman–Crippen MR) is 69.3 cm³/mol. The van der Waals surface area contributed by atoms with Crippen LogP contribution in [0.15, 0.2) is 36.7 Å². The van der Waals surface area contributed by atoms with Gasteiger partial charge in [-0.2, -0.15) is 0 Å². The van der Waals surface area contributed by atoms with Gasteiger partial charge in [-0.05, 0) is 34.0 Å². The quantitative estimate of drug-likeness (QED) is 0.855. The molecule has 0 aliphatic heterocycles. The third-order valence-electron chi connectivity index (χ3n) is 2.43.